The average molecular weight is 340 g/mol. The van der Waals surface area contributed by atoms with E-state index in [1.807, 2.05) is 6.07 Å². The Labute approximate surface area is 147 Å². The van der Waals surface area contributed by atoms with Crippen molar-refractivity contribution in [3.8, 4) is 5.75 Å². The van der Waals surface area contributed by atoms with Crippen molar-refractivity contribution in [2.75, 3.05) is 10.6 Å². The lowest BCUT2D eigenvalue weighted by molar-refractivity contribution is -0.123. The Hall–Kier alpha value is -2.30. The van der Waals surface area contributed by atoms with Crippen LogP contribution in [0.15, 0.2) is 30.4 Å². The van der Waals surface area contributed by atoms with Crippen LogP contribution in [0, 0.1) is 16.7 Å². The van der Waals surface area contributed by atoms with Crippen LogP contribution < -0.4 is 15.4 Å². The zero-order chi connectivity index (χ0) is 18.0. The fourth-order valence-corrected chi connectivity index (χ4v) is 4.68. The van der Waals surface area contributed by atoms with Crippen LogP contribution in [-0.2, 0) is 9.59 Å². The quantitative estimate of drug-likeness (QED) is 0.806. The Morgan fingerprint density at radius 1 is 1.40 bits per heavy atom. The summed E-state index contributed by atoms with van der Waals surface area (Å²) >= 11 is 0. The highest BCUT2D eigenvalue weighted by Gasteiger charge is 2.60. The Balaban J connectivity index is 1.57. The van der Waals surface area contributed by atoms with Crippen molar-refractivity contribution in [3.05, 3.63) is 30.4 Å². The van der Waals surface area contributed by atoms with Gasteiger partial charge in [0, 0.05) is 5.69 Å². The second-order valence-electron chi connectivity index (χ2n) is 8.14. The molecule has 5 heteroatoms. The fraction of sp³-hybridized carbons (Fsp3) is 0.500. The van der Waals surface area contributed by atoms with Gasteiger partial charge in [0.1, 0.15) is 5.75 Å². The van der Waals surface area contributed by atoms with E-state index >= 15 is 0 Å². The third-order valence-corrected chi connectivity index (χ3v) is 6.49. The standard InChI is InChI=1S/C20H24N2O3/c1-11-17(23)22-15-9-14(5-6-16(15)25-11)21-18(24)20-8-7-13(10-20)19(3,4)12(20)2/h5-6,9,11,13H,2,7-8,10H2,1,3-4H3,(H,21,24)(H,22,23)/t11-,13-,20+/m0/s1. The maximum Gasteiger partial charge on any atom is 0.265 e. The number of hydrogen-bond acceptors (Lipinski definition) is 3. The summed E-state index contributed by atoms with van der Waals surface area (Å²) < 4.78 is 5.56. The summed E-state index contributed by atoms with van der Waals surface area (Å²) in [5.41, 5.74) is 1.87. The minimum Gasteiger partial charge on any atom is -0.479 e. The topological polar surface area (TPSA) is 67.4 Å². The molecule has 2 bridgehead atoms. The highest BCUT2D eigenvalue weighted by atomic mass is 16.5. The number of carbonyl (C=O) groups is 2. The second-order valence-corrected chi connectivity index (χ2v) is 8.14. The SMILES string of the molecule is C=C1C(C)(C)[C@H]2CC[C@@]1(C(=O)Nc1ccc3c(c1)NC(=O)[C@H](C)O3)C2. The first-order valence-corrected chi connectivity index (χ1v) is 8.87. The number of ether oxygens (including phenoxy) is 1. The lowest BCUT2D eigenvalue weighted by Crippen LogP contribution is -2.37. The minimum absolute atomic E-state index is 0.0157. The third-order valence-electron chi connectivity index (χ3n) is 6.49. The van der Waals surface area contributed by atoms with Crippen molar-refractivity contribution < 1.29 is 14.3 Å². The van der Waals surface area contributed by atoms with Crippen molar-refractivity contribution in [1.29, 1.82) is 0 Å². The van der Waals surface area contributed by atoms with Crippen LogP contribution in [0.25, 0.3) is 0 Å². The van der Waals surface area contributed by atoms with Crippen LogP contribution in [-0.4, -0.2) is 17.9 Å². The molecule has 0 unspecified atom stereocenters. The number of carbonyl (C=O) groups excluding carboxylic acids is 2. The molecule has 1 heterocycles. The fourth-order valence-electron chi connectivity index (χ4n) is 4.68. The van der Waals surface area contributed by atoms with E-state index in [0.717, 1.165) is 24.8 Å². The summed E-state index contributed by atoms with van der Waals surface area (Å²) in [7, 11) is 0. The van der Waals surface area contributed by atoms with Gasteiger partial charge in [-0.3, -0.25) is 9.59 Å². The highest BCUT2D eigenvalue weighted by Crippen LogP contribution is 2.65. The summed E-state index contributed by atoms with van der Waals surface area (Å²) in [6, 6.07) is 5.35. The molecule has 0 aromatic heterocycles. The van der Waals surface area contributed by atoms with Gasteiger partial charge in [0.15, 0.2) is 6.10 Å². The van der Waals surface area contributed by atoms with Gasteiger partial charge in [0.25, 0.3) is 5.91 Å². The molecular weight excluding hydrogens is 316 g/mol. The van der Waals surface area contributed by atoms with E-state index in [9.17, 15) is 9.59 Å². The first kappa shape index (κ1) is 16.2. The molecule has 4 rings (SSSR count). The van der Waals surface area contributed by atoms with Crippen LogP contribution in [0.3, 0.4) is 0 Å². The molecule has 0 saturated heterocycles. The predicted octanol–water partition coefficient (Wildman–Crippen LogP) is 3.73. The number of fused-ring (bicyclic) bond motifs is 3. The van der Waals surface area contributed by atoms with Crippen LogP contribution in [0.5, 0.6) is 5.75 Å². The van der Waals surface area contributed by atoms with Gasteiger partial charge >= 0.3 is 0 Å². The summed E-state index contributed by atoms with van der Waals surface area (Å²) in [5.74, 6) is 0.986. The van der Waals surface area contributed by atoms with Crippen molar-refractivity contribution in [3.63, 3.8) is 0 Å². The molecule has 5 nitrogen and oxygen atoms in total. The number of rotatable bonds is 2. The molecule has 3 atom stereocenters. The normalized spacial score (nSPS) is 32.0. The summed E-state index contributed by atoms with van der Waals surface area (Å²) in [6.45, 7) is 10.4. The van der Waals surface area contributed by atoms with E-state index in [1.165, 1.54) is 0 Å². The van der Waals surface area contributed by atoms with Crippen molar-refractivity contribution >= 4 is 23.2 Å². The lowest BCUT2D eigenvalue weighted by Gasteiger charge is -2.37. The number of benzene rings is 1. The van der Waals surface area contributed by atoms with Gasteiger partial charge in [-0.1, -0.05) is 26.0 Å². The molecule has 1 aromatic carbocycles. The van der Waals surface area contributed by atoms with E-state index in [1.54, 1.807) is 19.1 Å². The summed E-state index contributed by atoms with van der Waals surface area (Å²) in [6.07, 6.45) is 2.32. The van der Waals surface area contributed by atoms with Crippen LogP contribution in [0.2, 0.25) is 0 Å². The third kappa shape index (κ3) is 2.21. The number of anilines is 2. The van der Waals surface area contributed by atoms with Crippen LogP contribution in [0.1, 0.15) is 40.0 Å². The molecule has 0 spiro atoms. The van der Waals surface area contributed by atoms with Crippen LogP contribution >= 0.6 is 0 Å². The smallest absolute Gasteiger partial charge is 0.265 e. The lowest BCUT2D eigenvalue weighted by atomic mass is 9.68. The Morgan fingerprint density at radius 3 is 2.84 bits per heavy atom. The van der Waals surface area contributed by atoms with Gasteiger partial charge in [-0.2, -0.15) is 0 Å². The van der Waals surface area contributed by atoms with Gasteiger partial charge in [-0.15, -0.1) is 0 Å². The number of nitrogens with one attached hydrogen (secondary N) is 2. The minimum atomic E-state index is -0.508. The van der Waals surface area contributed by atoms with Gasteiger partial charge in [0.2, 0.25) is 5.91 Å². The Bertz CT molecular complexity index is 798. The van der Waals surface area contributed by atoms with E-state index in [0.29, 0.717) is 23.0 Å². The van der Waals surface area contributed by atoms with Crippen molar-refractivity contribution in [2.45, 2.75) is 46.1 Å². The van der Waals surface area contributed by atoms with Gasteiger partial charge in [-0.05, 0) is 55.7 Å². The number of amides is 2. The number of hydrogen-bond donors (Lipinski definition) is 2. The monoisotopic (exact) mass is 340 g/mol. The molecule has 3 aliphatic rings. The molecule has 2 saturated carbocycles. The summed E-state index contributed by atoms with van der Waals surface area (Å²) in [5, 5.41) is 5.85. The van der Waals surface area contributed by atoms with Crippen molar-refractivity contribution in [2.24, 2.45) is 16.7 Å². The molecule has 132 valence electrons. The molecule has 25 heavy (non-hydrogen) atoms. The van der Waals surface area contributed by atoms with E-state index in [2.05, 4.69) is 31.1 Å². The molecule has 2 aliphatic carbocycles. The van der Waals surface area contributed by atoms with E-state index < -0.39 is 11.5 Å². The highest BCUT2D eigenvalue weighted by molar-refractivity contribution is 6.01. The van der Waals surface area contributed by atoms with Gasteiger partial charge in [-0.25, -0.2) is 0 Å². The zero-order valence-corrected chi connectivity index (χ0v) is 14.9. The molecule has 2 amide bonds. The molecule has 1 aliphatic heterocycles. The molecule has 2 fully saturated rings. The zero-order valence-electron chi connectivity index (χ0n) is 14.9. The van der Waals surface area contributed by atoms with E-state index in [4.69, 9.17) is 4.74 Å². The first-order valence-electron chi connectivity index (χ1n) is 8.87. The summed E-state index contributed by atoms with van der Waals surface area (Å²) in [4.78, 5) is 24.9. The molecule has 0 radical (unpaired) electrons. The van der Waals surface area contributed by atoms with Gasteiger partial charge < -0.3 is 15.4 Å². The molecule has 2 N–H and O–H groups in total. The second kappa shape index (κ2) is 5.10. The maximum atomic E-state index is 13.1. The van der Waals surface area contributed by atoms with Crippen molar-refractivity contribution in [1.82, 2.24) is 0 Å². The largest absolute Gasteiger partial charge is 0.479 e. The van der Waals surface area contributed by atoms with E-state index in [-0.39, 0.29) is 17.2 Å². The molecule has 1 aromatic rings. The Morgan fingerprint density at radius 2 is 2.16 bits per heavy atom. The van der Waals surface area contributed by atoms with Gasteiger partial charge in [0.05, 0.1) is 11.1 Å². The first-order chi connectivity index (χ1) is 11.7. The predicted molar refractivity (Wildman–Crippen MR) is 96.5 cm³/mol. The Kier molecular flexibility index (Phi) is 3.30. The molecular formula is C20H24N2O3. The maximum absolute atomic E-state index is 13.1. The average Bonchev–Trinajstić information content (AvgIpc) is 3.09. The van der Waals surface area contributed by atoms with Crippen LogP contribution in [0.4, 0.5) is 11.4 Å².